The molecule has 0 aliphatic carbocycles. The minimum Gasteiger partial charge on any atom is -0.392 e. The molecular weight excluding hydrogens is 178 g/mol. The number of rotatable bonds is 1. The van der Waals surface area contributed by atoms with E-state index in [2.05, 4.69) is 5.32 Å². The van der Waals surface area contributed by atoms with Gasteiger partial charge in [-0.1, -0.05) is 12.1 Å². The fraction of sp³-hybridized carbons (Fsp3) is 0.364. The zero-order chi connectivity index (χ0) is 10.3. The first kappa shape index (κ1) is 9.21. The molecule has 0 unspecified atom stereocenters. The molecule has 0 fully saturated rings. The van der Waals surface area contributed by atoms with Gasteiger partial charge in [0.1, 0.15) is 0 Å². The molecule has 1 aromatic rings. The fourth-order valence-corrected chi connectivity index (χ4v) is 1.74. The summed E-state index contributed by atoms with van der Waals surface area (Å²) in [5.74, 6) is 0.0163. The molecular formula is C11H13NO2. The highest BCUT2D eigenvalue weighted by Crippen LogP contribution is 2.37. The number of carbonyl (C=O) groups is 1. The van der Waals surface area contributed by atoms with Crippen LogP contribution in [0.4, 0.5) is 5.69 Å². The highest BCUT2D eigenvalue weighted by Gasteiger charge is 2.37. The van der Waals surface area contributed by atoms with Crippen LogP contribution < -0.4 is 5.32 Å². The summed E-state index contributed by atoms with van der Waals surface area (Å²) in [5.41, 5.74) is 2.19. The zero-order valence-electron chi connectivity index (χ0n) is 8.29. The van der Waals surface area contributed by atoms with Gasteiger partial charge in [0.15, 0.2) is 0 Å². The lowest BCUT2D eigenvalue weighted by atomic mass is 9.86. The molecule has 0 radical (unpaired) electrons. The first-order chi connectivity index (χ1) is 6.55. The molecule has 1 aliphatic heterocycles. The van der Waals surface area contributed by atoms with E-state index in [4.69, 9.17) is 5.11 Å². The number of aliphatic hydroxyl groups excluding tert-OH is 1. The van der Waals surface area contributed by atoms with E-state index in [1.807, 2.05) is 32.0 Å². The van der Waals surface area contributed by atoms with Crippen LogP contribution in [0.2, 0.25) is 0 Å². The maximum Gasteiger partial charge on any atom is 0.234 e. The molecule has 0 aromatic heterocycles. The SMILES string of the molecule is CC1(C)C(=O)Nc2cc(CO)ccc21. The third kappa shape index (κ3) is 1.13. The number of amides is 1. The van der Waals surface area contributed by atoms with Crippen molar-refractivity contribution in [1.29, 1.82) is 0 Å². The van der Waals surface area contributed by atoms with Crippen molar-refractivity contribution in [3.63, 3.8) is 0 Å². The van der Waals surface area contributed by atoms with Crippen molar-refractivity contribution in [3.8, 4) is 0 Å². The Bertz CT molecular complexity index is 396. The Morgan fingerprint density at radius 3 is 2.79 bits per heavy atom. The van der Waals surface area contributed by atoms with Gasteiger partial charge in [-0.15, -0.1) is 0 Å². The Hall–Kier alpha value is -1.35. The molecule has 2 rings (SSSR count). The summed E-state index contributed by atoms with van der Waals surface area (Å²) in [7, 11) is 0. The third-order valence-corrected chi connectivity index (χ3v) is 2.76. The van der Waals surface area contributed by atoms with Gasteiger partial charge < -0.3 is 10.4 Å². The average Bonchev–Trinajstić information content (AvgIpc) is 2.38. The quantitative estimate of drug-likeness (QED) is 0.705. The van der Waals surface area contributed by atoms with Crippen LogP contribution in [0.15, 0.2) is 18.2 Å². The van der Waals surface area contributed by atoms with E-state index < -0.39 is 5.41 Å². The first-order valence-electron chi connectivity index (χ1n) is 4.61. The van der Waals surface area contributed by atoms with E-state index in [1.54, 1.807) is 0 Å². The number of anilines is 1. The van der Waals surface area contributed by atoms with Crippen molar-refractivity contribution in [3.05, 3.63) is 29.3 Å². The molecule has 2 N–H and O–H groups in total. The van der Waals surface area contributed by atoms with Gasteiger partial charge in [0.25, 0.3) is 0 Å². The van der Waals surface area contributed by atoms with Gasteiger partial charge in [0.05, 0.1) is 12.0 Å². The number of hydrogen-bond acceptors (Lipinski definition) is 2. The Balaban J connectivity index is 2.54. The molecule has 3 heteroatoms. The fourth-order valence-electron chi connectivity index (χ4n) is 1.74. The van der Waals surface area contributed by atoms with Gasteiger partial charge in [-0.2, -0.15) is 0 Å². The summed E-state index contributed by atoms with van der Waals surface area (Å²) in [5, 5.41) is 11.8. The minimum absolute atomic E-state index is 0.00355. The summed E-state index contributed by atoms with van der Waals surface area (Å²) in [4.78, 5) is 11.6. The second-order valence-electron chi connectivity index (χ2n) is 4.12. The predicted molar refractivity (Wildman–Crippen MR) is 54.0 cm³/mol. The Labute approximate surface area is 82.8 Å². The lowest BCUT2D eigenvalue weighted by Gasteiger charge is -2.14. The van der Waals surface area contributed by atoms with E-state index in [0.29, 0.717) is 0 Å². The largest absolute Gasteiger partial charge is 0.392 e. The van der Waals surface area contributed by atoms with Crippen LogP contribution >= 0.6 is 0 Å². The van der Waals surface area contributed by atoms with Crippen LogP contribution in [0, 0.1) is 0 Å². The number of aliphatic hydroxyl groups is 1. The molecule has 1 amide bonds. The van der Waals surface area contributed by atoms with Gasteiger partial charge in [0, 0.05) is 5.69 Å². The van der Waals surface area contributed by atoms with Crippen LogP contribution in [-0.2, 0) is 16.8 Å². The van der Waals surface area contributed by atoms with Crippen LogP contribution in [0.5, 0.6) is 0 Å². The van der Waals surface area contributed by atoms with Gasteiger partial charge in [-0.05, 0) is 31.0 Å². The summed E-state index contributed by atoms with van der Waals surface area (Å²) in [6, 6.07) is 5.57. The van der Waals surface area contributed by atoms with Crippen molar-refractivity contribution in [2.24, 2.45) is 0 Å². The van der Waals surface area contributed by atoms with Crippen molar-refractivity contribution in [1.82, 2.24) is 0 Å². The Morgan fingerprint density at radius 1 is 1.43 bits per heavy atom. The van der Waals surface area contributed by atoms with Crippen LogP contribution in [0.1, 0.15) is 25.0 Å². The minimum atomic E-state index is -0.455. The highest BCUT2D eigenvalue weighted by atomic mass is 16.3. The lowest BCUT2D eigenvalue weighted by Crippen LogP contribution is -2.26. The predicted octanol–water partition coefficient (Wildman–Crippen LogP) is 1.41. The molecule has 0 bridgehead atoms. The van der Waals surface area contributed by atoms with Crippen molar-refractivity contribution in [2.45, 2.75) is 25.9 Å². The van der Waals surface area contributed by atoms with Crippen LogP contribution in [0.25, 0.3) is 0 Å². The Morgan fingerprint density at radius 2 is 2.14 bits per heavy atom. The van der Waals surface area contributed by atoms with Crippen molar-refractivity contribution in [2.75, 3.05) is 5.32 Å². The van der Waals surface area contributed by atoms with Crippen LogP contribution in [-0.4, -0.2) is 11.0 Å². The van der Waals surface area contributed by atoms with Gasteiger partial charge in [0.2, 0.25) is 5.91 Å². The molecule has 3 nitrogen and oxygen atoms in total. The second-order valence-corrected chi connectivity index (χ2v) is 4.12. The first-order valence-corrected chi connectivity index (χ1v) is 4.61. The standard InChI is InChI=1S/C11H13NO2/c1-11(2)8-4-3-7(6-13)5-9(8)12-10(11)14/h3-5,13H,6H2,1-2H3,(H,12,14). The van der Waals surface area contributed by atoms with Gasteiger partial charge >= 0.3 is 0 Å². The summed E-state index contributed by atoms with van der Waals surface area (Å²) < 4.78 is 0. The molecule has 0 spiro atoms. The third-order valence-electron chi connectivity index (χ3n) is 2.76. The van der Waals surface area contributed by atoms with Gasteiger partial charge in [-0.3, -0.25) is 4.79 Å². The number of benzene rings is 1. The topological polar surface area (TPSA) is 49.3 Å². The number of fused-ring (bicyclic) bond motifs is 1. The van der Waals surface area contributed by atoms with E-state index in [0.717, 1.165) is 16.8 Å². The summed E-state index contributed by atoms with van der Waals surface area (Å²) in [6.45, 7) is 3.79. The van der Waals surface area contributed by atoms with Crippen molar-refractivity contribution >= 4 is 11.6 Å². The van der Waals surface area contributed by atoms with E-state index >= 15 is 0 Å². The second kappa shape index (κ2) is 2.82. The van der Waals surface area contributed by atoms with Gasteiger partial charge in [-0.25, -0.2) is 0 Å². The highest BCUT2D eigenvalue weighted by molar-refractivity contribution is 6.05. The molecule has 0 saturated carbocycles. The molecule has 1 aliphatic rings. The molecule has 74 valence electrons. The van der Waals surface area contributed by atoms with E-state index in [1.165, 1.54) is 0 Å². The zero-order valence-corrected chi connectivity index (χ0v) is 8.29. The molecule has 1 heterocycles. The van der Waals surface area contributed by atoms with E-state index in [9.17, 15) is 4.79 Å². The number of hydrogen-bond donors (Lipinski definition) is 2. The summed E-state index contributed by atoms with van der Waals surface area (Å²) in [6.07, 6.45) is 0. The van der Waals surface area contributed by atoms with Crippen LogP contribution in [0.3, 0.4) is 0 Å². The molecule has 0 atom stereocenters. The number of carbonyl (C=O) groups excluding carboxylic acids is 1. The Kier molecular flexibility index (Phi) is 1.86. The smallest absolute Gasteiger partial charge is 0.234 e. The average molecular weight is 191 g/mol. The maximum absolute atomic E-state index is 11.6. The van der Waals surface area contributed by atoms with Crippen molar-refractivity contribution < 1.29 is 9.90 Å². The normalized spacial score (nSPS) is 17.8. The maximum atomic E-state index is 11.6. The lowest BCUT2D eigenvalue weighted by molar-refractivity contribution is -0.119. The monoisotopic (exact) mass is 191 g/mol. The summed E-state index contributed by atoms with van der Waals surface area (Å²) >= 11 is 0. The molecule has 0 saturated heterocycles. The molecule has 14 heavy (non-hydrogen) atoms. The number of nitrogens with one attached hydrogen (secondary N) is 1. The molecule has 1 aromatic carbocycles. The van der Waals surface area contributed by atoms with E-state index in [-0.39, 0.29) is 12.5 Å².